The smallest absolute Gasteiger partial charge is 0.410 e. The van der Waals surface area contributed by atoms with Gasteiger partial charge in [-0.15, -0.1) is 0 Å². The van der Waals surface area contributed by atoms with Crippen molar-refractivity contribution in [3.63, 3.8) is 0 Å². The standard InChI is InChI=1S/C15H15N3O3/c19-14(12-5-4-8-16-11-12)17-9-10-18-15(20)21-13-6-2-1-3-7-13/h1-8,11H,9-10H2,(H,17,19)(H,18,20). The van der Waals surface area contributed by atoms with E-state index >= 15 is 0 Å². The monoisotopic (exact) mass is 285 g/mol. The lowest BCUT2D eigenvalue weighted by atomic mass is 10.3. The van der Waals surface area contributed by atoms with Crippen molar-refractivity contribution < 1.29 is 14.3 Å². The number of hydrogen-bond donors (Lipinski definition) is 2. The lowest BCUT2D eigenvalue weighted by molar-refractivity contribution is 0.0953. The quantitative estimate of drug-likeness (QED) is 0.818. The van der Waals surface area contributed by atoms with E-state index in [9.17, 15) is 9.59 Å². The molecular formula is C15H15N3O3. The predicted octanol–water partition coefficient (Wildman–Crippen LogP) is 1.60. The maximum Gasteiger partial charge on any atom is 0.412 e. The van der Waals surface area contributed by atoms with Crippen molar-refractivity contribution in [2.24, 2.45) is 0 Å². The fourth-order valence-corrected chi connectivity index (χ4v) is 1.57. The van der Waals surface area contributed by atoms with E-state index < -0.39 is 6.09 Å². The van der Waals surface area contributed by atoms with Crippen LogP contribution < -0.4 is 15.4 Å². The van der Waals surface area contributed by atoms with Crippen molar-refractivity contribution in [1.82, 2.24) is 15.6 Å². The molecule has 6 nitrogen and oxygen atoms in total. The fourth-order valence-electron chi connectivity index (χ4n) is 1.57. The minimum atomic E-state index is -0.558. The normalized spacial score (nSPS) is 9.71. The number of nitrogens with one attached hydrogen (secondary N) is 2. The Bertz CT molecular complexity index is 588. The van der Waals surface area contributed by atoms with E-state index in [1.54, 1.807) is 42.6 Å². The first-order valence-corrected chi connectivity index (χ1v) is 6.44. The molecule has 2 N–H and O–H groups in total. The number of amides is 2. The zero-order valence-corrected chi connectivity index (χ0v) is 11.3. The number of para-hydroxylation sites is 1. The van der Waals surface area contributed by atoms with Gasteiger partial charge in [0.1, 0.15) is 5.75 Å². The third-order valence-electron chi connectivity index (χ3n) is 2.56. The predicted molar refractivity (Wildman–Crippen MR) is 77.0 cm³/mol. The topological polar surface area (TPSA) is 80.3 Å². The minimum Gasteiger partial charge on any atom is -0.410 e. The summed E-state index contributed by atoms with van der Waals surface area (Å²) in [5.74, 6) is 0.232. The average Bonchev–Trinajstić information content (AvgIpc) is 2.53. The molecule has 2 amide bonds. The van der Waals surface area contributed by atoms with Crippen LogP contribution in [-0.2, 0) is 0 Å². The maximum atomic E-state index is 11.7. The molecule has 0 atom stereocenters. The molecule has 0 aliphatic rings. The van der Waals surface area contributed by atoms with Crippen molar-refractivity contribution in [1.29, 1.82) is 0 Å². The van der Waals surface area contributed by atoms with Crippen LogP contribution in [0.5, 0.6) is 5.75 Å². The van der Waals surface area contributed by atoms with E-state index in [0.29, 0.717) is 17.9 Å². The van der Waals surface area contributed by atoms with Crippen LogP contribution >= 0.6 is 0 Å². The molecule has 0 fully saturated rings. The van der Waals surface area contributed by atoms with E-state index in [0.717, 1.165) is 0 Å². The lowest BCUT2D eigenvalue weighted by Crippen LogP contribution is -2.36. The molecule has 0 radical (unpaired) electrons. The minimum absolute atomic E-state index is 0.235. The molecule has 0 bridgehead atoms. The summed E-state index contributed by atoms with van der Waals surface area (Å²) in [5.41, 5.74) is 0.476. The average molecular weight is 285 g/mol. The molecule has 0 unspecified atom stereocenters. The highest BCUT2D eigenvalue weighted by molar-refractivity contribution is 5.93. The number of carbonyl (C=O) groups is 2. The Morgan fingerprint density at radius 2 is 1.76 bits per heavy atom. The van der Waals surface area contributed by atoms with Crippen molar-refractivity contribution in [2.45, 2.75) is 0 Å². The Morgan fingerprint density at radius 1 is 1.00 bits per heavy atom. The largest absolute Gasteiger partial charge is 0.412 e. The molecule has 21 heavy (non-hydrogen) atoms. The number of rotatable bonds is 5. The van der Waals surface area contributed by atoms with Crippen LogP contribution in [-0.4, -0.2) is 30.1 Å². The molecule has 0 aliphatic carbocycles. The van der Waals surface area contributed by atoms with Crippen LogP contribution in [0.25, 0.3) is 0 Å². The highest BCUT2D eigenvalue weighted by Crippen LogP contribution is 2.07. The highest BCUT2D eigenvalue weighted by atomic mass is 16.6. The summed E-state index contributed by atoms with van der Waals surface area (Å²) in [5, 5.41) is 5.22. The second kappa shape index (κ2) is 7.64. The van der Waals surface area contributed by atoms with E-state index in [1.807, 2.05) is 6.07 Å². The molecule has 0 aliphatic heterocycles. The summed E-state index contributed by atoms with van der Waals surface area (Å²) in [7, 11) is 0. The number of ether oxygens (including phenoxy) is 1. The molecule has 1 aromatic heterocycles. The van der Waals surface area contributed by atoms with Gasteiger partial charge in [0.2, 0.25) is 0 Å². The van der Waals surface area contributed by atoms with Crippen LogP contribution in [0.3, 0.4) is 0 Å². The third kappa shape index (κ3) is 4.94. The van der Waals surface area contributed by atoms with E-state index in [4.69, 9.17) is 4.74 Å². The van der Waals surface area contributed by atoms with Gasteiger partial charge in [0.05, 0.1) is 5.56 Å². The summed E-state index contributed by atoms with van der Waals surface area (Å²) in [4.78, 5) is 27.0. The van der Waals surface area contributed by atoms with Gasteiger partial charge in [-0.2, -0.15) is 0 Å². The van der Waals surface area contributed by atoms with Crippen LogP contribution in [0, 0.1) is 0 Å². The van der Waals surface area contributed by atoms with Gasteiger partial charge in [-0.3, -0.25) is 9.78 Å². The van der Waals surface area contributed by atoms with Gasteiger partial charge in [0.15, 0.2) is 0 Å². The molecule has 1 aromatic carbocycles. The second-order valence-corrected chi connectivity index (χ2v) is 4.13. The Labute approximate surface area is 122 Å². The molecule has 1 heterocycles. The molecule has 0 saturated carbocycles. The summed E-state index contributed by atoms with van der Waals surface area (Å²) in [6.07, 6.45) is 2.52. The Morgan fingerprint density at radius 3 is 2.48 bits per heavy atom. The van der Waals surface area contributed by atoms with Gasteiger partial charge in [-0.05, 0) is 24.3 Å². The van der Waals surface area contributed by atoms with Gasteiger partial charge in [0, 0.05) is 25.5 Å². The van der Waals surface area contributed by atoms with Crippen molar-refractivity contribution in [2.75, 3.05) is 13.1 Å². The number of pyridine rings is 1. The van der Waals surface area contributed by atoms with Crippen molar-refractivity contribution in [3.8, 4) is 5.75 Å². The number of nitrogens with zero attached hydrogens (tertiary/aromatic N) is 1. The van der Waals surface area contributed by atoms with E-state index in [1.165, 1.54) is 6.20 Å². The SMILES string of the molecule is O=C(NCCNC(=O)c1cccnc1)Oc1ccccc1. The first-order valence-electron chi connectivity index (χ1n) is 6.44. The van der Waals surface area contributed by atoms with E-state index in [-0.39, 0.29) is 12.5 Å². The molecule has 0 saturated heterocycles. The Hall–Kier alpha value is -2.89. The van der Waals surface area contributed by atoms with Crippen LogP contribution in [0.15, 0.2) is 54.9 Å². The number of aromatic nitrogens is 1. The molecule has 2 rings (SSSR count). The molecule has 0 spiro atoms. The maximum absolute atomic E-state index is 11.7. The summed E-state index contributed by atoms with van der Waals surface area (Å²) < 4.78 is 5.03. The second-order valence-electron chi connectivity index (χ2n) is 4.13. The lowest BCUT2D eigenvalue weighted by Gasteiger charge is -2.07. The summed E-state index contributed by atoms with van der Waals surface area (Å²) >= 11 is 0. The first-order chi connectivity index (χ1) is 10.3. The summed E-state index contributed by atoms with van der Waals surface area (Å²) in [6, 6.07) is 12.1. The first kappa shape index (κ1) is 14.5. The molecule has 2 aromatic rings. The van der Waals surface area contributed by atoms with Gasteiger partial charge in [0.25, 0.3) is 5.91 Å². The summed E-state index contributed by atoms with van der Waals surface area (Å²) in [6.45, 7) is 0.579. The highest BCUT2D eigenvalue weighted by Gasteiger charge is 2.05. The fraction of sp³-hybridized carbons (Fsp3) is 0.133. The number of benzene rings is 1. The zero-order chi connectivity index (χ0) is 14.9. The molecule has 6 heteroatoms. The molecule has 108 valence electrons. The van der Waals surface area contributed by atoms with Gasteiger partial charge in [-0.25, -0.2) is 4.79 Å². The Balaban J connectivity index is 1.66. The number of hydrogen-bond acceptors (Lipinski definition) is 4. The zero-order valence-electron chi connectivity index (χ0n) is 11.3. The van der Waals surface area contributed by atoms with Gasteiger partial charge < -0.3 is 15.4 Å². The number of carbonyl (C=O) groups excluding carboxylic acids is 2. The molecular weight excluding hydrogens is 270 g/mol. The third-order valence-corrected chi connectivity index (χ3v) is 2.56. The van der Waals surface area contributed by atoms with E-state index in [2.05, 4.69) is 15.6 Å². The van der Waals surface area contributed by atoms with Crippen molar-refractivity contribution >= 4 is 12.0 Å². The van der Waals surface area contributed by atoms with Crippen LogP contribution in [0.2, 0.25) is 0 Å². The van der Waals surface area contributed by atoms with Gasteiger partial charge >= 0.3 is 6.09 Å². The van der Waals surface area contributed by atoms with Crippen LogP contribution in [0.1, 0.15) is 10.4 Å². The van der Waals surface area contributed by atoms with Crippen molar-refractivity contribution in [3.05, 3.63) is 60.4 Å². The Kier molecular flexibility index (Phi) is 5.28. The van der Waals surface area contributed by atoms with Gasteiger partial charge in [-0.1, -0.05) is 18.2 Å². The van der Waals surface area contributed by atoms with Crippen LogP contribution in [0.4, 0.5) is 4.79 Å².